The highest BCUT2D eigenvalue weighted by molar-refractivity contribution is 7.08. The lowest BCUT2D eigenvalue weighted by molar-refractivity contribution is -0.134. The summed E-state index contributed by atoms with van der Waals surface area (Å²) in [6, 6.07) is 11.5. The lowest BCUT2D eigenvalue weighted by Gasteiger charge is -2.32. The van der Waals surface area contributed by atoms with Crippen molar-refractivity contribution in [2.24, 2.45) is 0 Å². The van der Waals surface area contributed by atoms with Gasteiger partial charge in [0.1, 0.15) is 6.04 Å². The molecule has 26 heavy (non-hydrogen) atoms. The van der Waals surface area contributed by atoms with Gasteiger partial charge in [-0.3, -0.25) is 14.5 Å². The molecule has 1 fully saturated rings. The fourth-order valence-corrected chi connectivity index (χ4v) is 3.99. The predicted molar refractivity (Wildman–Crippen MR) is 104 cm³/mol. The van der Waals surface area contributed by atoms with E-state index in [-0.39, 0.29) is 17.9 Å². The van der Waals surface area contributed by atoms with Crippen LogP contribution in [0.2, 0.25) is 0 Å². The van der Waals surface area contributed by atoms with Gasteiger partial charge in [-0.1, -0.05) is 30.3 Å². The zero-order valence-corrected chi connectivity index (χ0v) is 16.1. The Kier molecular flexibility index (Phi) is 6.06. The Morgan fingerprint density at radius 3 is 2.46 bits per heavy atom. The quantitative estimate of drug-likeness (QED) is 0.830. The van der Waals surface area contributed by atoms with Gasteiger partial charge >= 0.3 is 0 Å². The van der Waals surface area contributed by atoms with Crippen molar-refractivity contribution < 1.29 is 9.59 Å². The molecule has 2 heterocycles. The molecule has 1 unspecified atom stereocenters. The third-order valence-corrected chi connectivity index (χ3v) is 5.42. The molecule has 138 valence electrons. The molecule has 1 aromatic heterocycles. The van der Waals surface area contributed by atoms with Crippen molar-refractivity contribution in [3.63, 3.8) is 0 Å². The number of carbonyl (C=O) groups is 2. The Morgan fingerprint density at radius 2 is 1.81 bits per heavy atom. The van der Waals surface area contributed by atoms with Crippen molar-refractivity contribution in [1.29, 1.82) is 0 Å². The maximum atomic E-state index is 12.9. The molecule has 0 spiro atoms. The van der Waals surface area contributed by atoms with Gasteiger partial charge in [-0.25, -0.2) is 0 Å². The second kappa shape index (κ2) is 8.47. The summed E-state index contributed by atoms with van der Waals surface area (Å²) in [5.74, 6) is 0.164. The van der Waals surface area contributed by atoms with Gasteiger partial charge in [0.2, 0.25) is 5.91 Å². The van der Waals surface area contributed by atoms with Gasteiger partial charge in [-0.05, 0) is 23.4 Å². The molecule has 1 aromatic carbocycles. The first-order valence-electron chi connectivity index (χ1n) is 8.89. The summed E-state index contributed by atoms with van der Waals surface area (Å²) in [6.45, 7) is 2.85. The smallest absolute Gasteiger partial charge is 0.254 e. The standard InChI is InChI=1S/C20H25N3O2S/c1-21(2)20(25)18(16-7-4-3-5-8-16)22-10-6-11-23(13-12-22)19(24)17-9-14-26-15-17/h3-5,7-9,14-15,18H,6,10-13H2,1-2H3. The van der Waals surface area contributed by atoms with Crippen molar-refractivity contribution in [2.75, 3.05) is 40.3 Å². The Hall–Kier alpha value is -2.18. The Balaban J connectivity index is 1.76. The fourth-order valence-electron chi connectivity index (χ4n) is 3.36. The molecular formula is C20H25N3O2S. The Labute approximate surface area is 158 Å². The normalized spacial score (nSPS) is 16.8. The van der Waals surface area contributed by atoms with Crippen LogP contribution in [-0.2, 0) is 4.79 Å². The molecule has 0 bridgehead atoms. The third kappa shape index (κ3) is 4.14. The highest BCUT2D eigenvalue weighted by Crippen LogP contribution is 2.24. The molecule has 6 heteroatoms. The fraction of sp³-hybridized carbons (Fsp3) is 0.400. The summed E-state index contributed by atoms with van der Waals surface area (Å²) >= 11 is 1.54. The van der Waals surface area contributed by atoms with Gasteiger partial charge in [-0.15, -0.1) is 0 Å². The molecule has 0 saturated carbocycles. The summed E-state index contributed by atoms with van der Waals surface area (Å²) in [4.78, 5) is 31.3. The number of benzene rings is 1. The van der Waals surface area contributed by atoms with E-state index in [0.717, 1.165) is 30.6 Å². The molecule has 2 amide bonds. The van der Waals surface area contributed by atoms with Crippen molar-refractivity contribution in [1.82, 2.24) is 14.7 Å². The van der Waals surface area contributed by atoms with Crippen molar-refractivity contribution in [3.8, 4) is 0 Å². The number of hydrogen-bond acceptors (Lipinski definition) is 4. The maximum Gasteiger partial charge on any atom is 0.254 e. The van der Waals surface area contributed by atoms with Gasteiger partial charge in [0.05, 0.1) is 5.56 Å². The van der Waals surface area contributed by atoms with E-state index in [1.807, 2.05) is 52.1 Å². The number of likely N-dealkylation sites (N-methyl/N-ethyl adjacent to an activating group) is 1. The van der Waals surface area contributed by atoms with Crippen LogP contribution in [0, 0.1) is 0 Å². The molecule has 0 N–H and O–H groups in total. The lowest BCUT2D eigenvalue weighted by Crippen LogP contribution is -2.42. The van der Waals surface area contributed by atoms with Crippen LogP contribution in [0.15, 0.2) is 47.2 Å². The Bertz CT molecular complexity index is 731. The number of rotatable bonds is 4. The first-order chi connectivity index (χ1) is 12.6. The Morgan fingerprint density at radius 1 is 1.04 bits per heavy atom. The molecule has 1 aliphatic heterocycles. The number of hydrogen-bond donors (Lipinski definition) is 0. The first kappa shape index (κ1) is 18.6. The second-order valence-electron chi connectivity index (χ2n) is 6.74. The molecule has 1 saturated heterocycles. The number of amides is 2. The van der Waals surface area contributed by atoms with E-state index in [1.54, 1.807) is 19.0 Å². The molecule has 2 aromatic rings. The van der Waals surface area contributed by atoms with E-state index in [0.29, 0.717) is 13.1 Å². The van der Waals surface area contributed by atoms with E-state index < -0.39 is 0 Å². The van der Waals surface area contributed by atoms with Crippen LogP contribution in [0.5, 0.6) is 0 Å². The minimum Gasteiger partial charge on any atom is -0.347 e. The van der Waals surface area contributed by atoms with E-state index >= 15 is 0 Å². The number of carbonyl (C=O) groups excluding carboxylic acids is 2. The van der Waals surface area contributed by atoms with Crippen LogP contribution in [-0.4, -0.2) is 66.8 Å². The van der Waals surface area contributed by atoms with Gasteiger partial charge in [0.25, 0.3) is 5.91 Å². The monoisotopic (exact) mass is 371 g/mol. The molecule has 1 aliphatic rings. The van der Waals surface area contributed by atoms with E-state index in [2.05, 4.69) is 4.90 Å². The summed E-state index contributed by atoms with van der Waals surface area (Å²) in [5, 5.41) is 3.83. The summed E-state index contributed by atoms with van der Waals surface area (Å²) in [5.41, 5.74) is 1.76. The average molecular weight is 372 g/mol. The van der Waals surface area contributed by atoms with Crippen molar-refractivity contribution >= 4 is 23.2 Å². The summed E-state index contributed by atoms with van der Waals surface area (Å²) in [6.07, 6.45) is 0.861. The zero-order valence-electron chi connectivity index (χ0n) is 15.3. The van der Waals surface area contributed by atoms with Crippen LogP contribution in [0.3, 0.4) is 0 Å². The summed E-state index contributed by atoms with van der Waals surface area (Å²) in [7, 11) is 3.59. The van der Waals surface area contributed by atoms with Crippen LogP contribution >= 0.6 is 11.3 Å². The number of nitrogens with zero attached hydrogens (tertiary/aromatic N) is 3. The highest BCUT2D eigenvalue weighted by Gasteiger charge is 2.31. The van der Waals surface area contributed by atoms with E-state index in [1.165, 1.54) is 11.3 Å². The predicted octanol–water partition coefficient (Wildman–Crippen LogP) is 2.73. The van der Waals surface area contributed by atoms with Crippen LogP contribution < -0.4 is 0 Å². The topological polar surface area (TPSA) is 43.9 Å². The second-order valence-corrected chi connectivity index (χ2v) is 7.52. The summed E-state index contributed by atoms with van der Waals surface area (Å²) < 4.78 is 0. The van der Waals surface area contributed by atoms with Crippen molar-refractivity contribution in [2.45, 2.75) is 12.5 Å². The highest BCUT2D eigenvalue weighted by atomic mass is 32.1. The zero-order chi connectivity index (χ0) is 18.5. The largest absolute Gasteiger partial charge is 0.347 e. The first-order valence-corrected chi connectivity index (χ1v) is 9.84. The third-order valence-electron chi connectivity index (χ3n) is 4.74. The number of thiophene rings is 1. The molecule has 3 rings (SSSR count). The molecule has 5 nitrogen and oxygen atoms in total. The molecule has 0 aliphatic carbocycles. The molecule has 1 atom stereocenters. The van der Waals surface area contributed by atoms with Gasteiger partial charge in [-0.2, -0.15) is 11.3 Å². The van der Waals surface area contributed by atoms with Crippen molar-refractivity contribution in [3.05, 3.63) is 58.3 Å². The lowest BCUT2D eigenvalue weighted by atomic mass is 10.0. The van der Waals surface area contributed by atoms with Crippen LogP contribution in [0.4, 0.5) is 0 Å². The van der Waals surface area contributed by atoms with Crippen LogP contribution in [0.25, 0.3) is 0 Å². The van der Waals surface area contributed by atoms with E-state index in [4.69, 9.17) is 0 Å². The molecular weight excluding hydrogens is 346 g/mol. The SMILES string of the molecule is CN(C)C(=O)C(c1ccccc1)N1CCCN(C(=O)c2ccsc2)CC1. The van der Waals surface area contributed by atoms with Gasteiger partial charge < -0.3 is 9.80 Å². The minimum absolute atomic E-state index is 0.0776. The van der Waals surface area contributed by atoms with Gasteiger partial charge in [0.15, 0.2) is 0 Å². The van der Waals surface area contributed by atoms with Gasteiger partial charge in [0, 0.05) is 45.7 Å². The average Bonchev–Trinajstić information content (AvgIpc) is 3.08. The molecule has 0 radical (unpaired) electrons. The minimum atomic E-state index is -0.303. The van der Waals surface area contributed by atoms with E-state index in [9.17, 15) is 9.59 Å². The maximum absolute atomic E-state index is 12.9. The van der Waals surface area contributed by atoms with Crippen LogP contribution in [0.1, 0.15) is 28.4 Å².